The van der Waals surface area contributed by atoms with Crippen molar-refractivity contribution in [3.05, 3.63) is 43.2 Å². The summed E-state index contributed by atoms with van der Waals surface area (Å²) in [5.74, 6) is 0.118. The zero-order valence-electron chi connectivity index (χ0n) is 17.3. The van der Waals surface area contributed by atoms with Gasteiger partial charge in [-0.25, -0.2) is 14.8 Å². The van der Waals surface area contributed by atoms with Crippen LogP contribution in [0.25, 0.3) is 10.2 Å². The Kier molecular flexibility index (Phi) is 5.31. The molecule has 10 heteroatoms. The lowest BCUT2D eigenvalue weighted by Crippen LogP contribution is -2.42. The molecule has 4 rings (SSSR count). The van der Waals surface area contributed by atoms with Crippen molar-refractivity contribution in [1.82, 2.24) is 19.1 Å². The highest BCUT2D eigenvalue weighted by molar-refractivity contribution is 8.00. The van der Waals surface area contributed by atoms with Crippen LogP contribution in [0.4, 0.5) is 5.82 Å². The Morgan fingerprint density at radius 3 is 2.77 bits per heavy atom. The lowest BCUT2D eigenvalue weighted by molar-refractivity contribution is 0.0992. The Hall–Kier alpha value is -2.46. The molecule has 30 heavy (non-hydrogen) atoms. The van der Waals surface area contributed by atoms with E-state index in [1.165, 1.54) is 42.6 Å². The van der Waals surface area contributed by atoms with E-state index in [9.17, 15) is 14.4 Å². The molecule has 3 heterocycles. The standard InChI is InChI=1S/C20H23N5O3S2/c1-9-5-6-11-12(7-9)30-18-13(11)17(22-8-23-18)29-10(2)15(26)14-16(21)24(3)20(28)25(4)19(14)27/h8-10H,5-7,21H2,1-4H3/t9-,10+/m0/s1. The number of ketones is 1. The van der Waals surface area contributed by atoms with Gasteiger partial charge in [0.2, 0.25) is 0 Å². The van der Waals surface area contributed by atoms with Crippen molar-refractivity contribution in [2.75, 3.05) is 5.73 Å². The van der Waals surface area contributed by atoms with Gasteiger partial charge in [0.15, 0.2) is 5.78 Å². The van der Waals surface area contributed by atoms with E-state index in [-0.39, 0.29) is 11.4 Å². The highest BCUT2D eigenvalue weighted by atomic mass is 32.2. The van der Waals surface area contributed by atoms with Crippen LogP contribution in [0.3, 0.4) is 0 Å². The van der Waals surface area contributed by atoms with Crippen LogP contribution in [0.15, 0.2) is 20.9 Å². The third kappa shape index (κ3) is 3.27. The Morgan fingerprint density at radius 2 is 2.03 bits per heavy atom. The fourth-order valence-corrected chi connectivity index (χ4v) is 6.27. The number of nitrogens with zero attached hydrogens (tertiary/aromatic N) is 4. The SMILES string of the molecule is C[C@H]1CCc2c(sc3ncnc(S[C@H](C)C(=O)c4c(N)n(C)c(=O)n(C)c4=O)c23)C1. The molecule has 0 saturated carbocycles. The highest BCUT2D eigenvalue weighted by Crippen LogP contribution is 2.41. The third-order valence-corrected chi connectivity index (χ3v) is 7.93. The van der Waals surface area contributed by atoms with E-state index >= 15 is 0 Å². The van der Waals surface area contributed by atoms with Gasteiger partial charge in [0.05, 0.1) is 5.25 Å². The van der Waals surface area contributed by atoms with Crippen molar-refractivity contribution in [1.29, 1.82) is 0 Å². The Labute approximate surface area is 181 Å². The van der Waals surface area contributed by atoms with E-state index in [0.29, 0.717) is 5.92 Å². The van der Waals surface area contributed by atoms with Crippen molar-refractivity contribution in [3.8, 4) is 0 Å². The number of anilines is 1. The van der Waals surface area contributed by atoms with Crippen molar-refractivity contribution in [2.45, 2.75) is 43.4 Å². The quantitative estimate of drug-likeness (QED) is 0.372. The minimum Gasteiger partial charge on any atom is -0.384 e. The van der Waals surface area contributed by atoms with Crippen molar-refractivity contribution in [3.63, 3.8) is 0 Å². The van der Waals surface area contributed by atoms with Crippen LogP contribution in [0, 0.1) is 5.92 Å². The molecule has 0 bridgehead atoms. The summed E-state index contributed by atoms with van der Waals surface area (Å²) in [6.45, 7) is 3.99. The molecule has 0 unspecified atom stereocenters. The molecule has 8 nitrogen and oxygen atoms in total. The normalized spacial score (nSPS) is 17.1. The van der Waals surface area contributed by atoms with Gasteiger partial charge in [-0.15, -0.1) is 11.3 Å². The van der Waals surface area contributed by atoms with Crippen molar-refractivity contribution < 1.29 is 4.79 Å². The third-order valence-electron chi connectivity index (χ3n) is 5.67. The second kappa shape index (κ2) is 7.66. The largest absolute Gasteiger partial charge is 0.384 e. The molecule has 2 atom stereocenters. The average molecular weight is 446 g/mol. The molecule has 1 aliphatic rings. The molecule has 0 spiro atoms. The smallest absolute Gasteiger partial charge is 0.332 e. The van der Waals surface area contributed by atoms with Gasteiger partial charge >= 0.3 is 5.69 Å². The molecule has 0 amide bonds. The first-order chi connectivity index (χ1) is 14.2. The number of thiophene rings is 1. The molecule has 0 aliphatic heterocycles. The van der Waals surface area contributed by atoms with Gasteiger partial charge < -0.3 is 5.73 Å². The molecule has 3 aromatic rings. The van der Waals surface area contributed by atoms with Gasteiger partial charge in [-0.1, -0.05) is 18.7 Å². The number of nitrogen functional groups attached to an aromatic ring is 1. The number of Topliss-reactive ketones (excluding diaryl/α,β-unsaturated/α-hetero) is 1. The molecule has 0 radical (unpaired) electrons. The second-order valence-corrected chi connectivity index (χ2v) is 10.2. The van der Waals surface area contributed by atoms with Crippen LogP contribution in [0.1, 0.15) is 41.1 Å². The van der Waals surface area contributed by atoms with E-state index in [1.54, 1.807) is 18.3 Å². The number of nitrogens with two attached hydrogens (primary N) is 1. The first-order valence-electron chi connectivity index (χ1n) is 9.72. The van der Waals surface area contributed by atoms with E-state index in [2.05, 4.69) is 16.9 Å². The molecule has 0 aromatic carbocycles. The Balaban J connectivity index is 1.73. The molecule has 0 fully saturated rings. The minimum absolute atomic E-state index is 0.115. The van der Waals surface area contributed by atoms with Gasteiger partial charge in [-0.2, -0.15) is 0 Å². The van der Waals surface area contributed by atoms with E-state index in [0.717, 1.165) is 43.6 Å². The summed E-state index contributed by atoms with van der Waals surface area (Å²) in [7, 11) is 2.78. The Morgan fingerprint density at radius 1 is 1.30 bits per heavy atom. The van der Waals surface area contributed by atoms with Crippen LogP contribution in [-0.2, 0) is 26.9 Å². The van der Waals surface area contributed by atoms with Gasteiger partial charge in [0.1, 0.15) is 27.6 Å². The second-order valence-electron chi connectivity index (χ2n) is 7.80. The van der Waals surface area contributed by atoms with Gasteiger partial charge in [0, 0.05) is 24.4 Å². The lowest BCUT2D eigenvalue weighted by atomic mass is 9.89. The van der Waals surface area contributed by atoms with Crippen molar-refractivity contribution >= 4 is 44.9 Å². The zero-order valence-corrected chi connectivity index (χ0v) is 18.9. The fraction of sp³-hybridized carbons (Fsp3) is 0.450. The molecular formula is C20H23N5O3S2. The van der Waals surface area contributed by atoms with Crippen LogP contribution in [0.5, 0.6) is 0 Å². The average Bonchev–Trinajstić information content (AvgIpc) is 3.09. The predicted octanol–water partition coefficient (Wildman–Crippen LogP) is 2.16. The summed E-state index contributed by atoms with van der Waals surface area (Å²) in [5, 5.41) is 1.16. The maximum atomic E-state index is 13.1. The summed E-state index contributed by atoms with van der Waals surface area (Å²) >= 11 is 3.00. The number of hydrogen-bond donors (Lipinski definition) is 1. The maximum Gasteiger partial charge on any atom is 0.332 e. The molecule has 3 aromatic heterocycles. The fourth-order valence-electron chi connectivity index (χ4n) is 3.85. The maximum absolute atomic E-state index is 13.1. The summed E-state index contributed by atoms with van der Waals surface area (Å²) in [6, 6.07) is 0. The molecule has 2 N–H and O–H groups in total. The van der Waals surface area contributed by atoms with Crippen LogP contribution in [-0.4, -0.2) is 30.1 Å². The summed E-state index contributed by atoms with van der Waals surface area (Å²) in [5.41, 5.74) is 5.84. The molecular weight excluding hydrogens is 422 g/mol. The van der Waals surface area contributed by atoms with Crippen LogP contribution in [0.2, 0.25) is 0 Å². The molecule has 1 aliphatic carbocycles. The Bertz CT molecular complexity index is 1290. The number of carbonyl (C=O) groups excluding carboxylic acids is 1. The summed E-state index contributed by atoms with van der Waals surface area (Å²) < 4.78 is 2.02. The number of aryl methyl sites for hydroxylation is 1. The summed E-state index contributed by atoms with van der Waals surface area (Å²) in [4.78, 5) is 48.9. The van der Waals surface area contributed by atoms with Crippen LogP contribution >= 0.6 is 23.1 Å². The molecule has 0 saturated heterocycles. The number of carbonyl (C=O) groups is 1. The highest BCUT2D eigenvalue weighted by Gasteiger charge is 2.28. The van der Waals surface area contributed by atoms with Gasteiger partial charge in [0.25, 0.3) is 5.56 Å². The topological polar surface area (TPSA) is 113 Å². The minimum atomic E-state index is -0.678. The molecule has 158 valence electrons. The van der Waals surface area contributed by atoms with Gasteiger partial charge in [-0.3, -0.25) is 18.7 Å². The van der Waals surface area contributed by atoms with E-state index in [4.69, 9.17) is 5.73 Å². The lowest BCUT2D eigenvalue weighted by Gasteiger charge is -2.18. The van der Waals surface area contributed by atoms with Crippen molar-refractivity contribution in [2.24, 2.45) is 20.0 Å². The van der Waals surface area contributed by atoms with E-state index in [1.807, 2.05) is 0 Å². The first kappa shape index (κ1) is 20.8. The predicted molar refractivity (Wildman–Crippen MR) is 120 cm³/mol. The summed E-state index contributed by atoms with van der Waals surface area (Å²) in [6.07, 6.45) is 4.66. The van der Waals surface area contributed by atoms with Gasteiger partial charge in [-0.05, 0) is 37.7 Å². The number of rotatable bonds is 4. The number of thioether (sulfide) groups is 1. The number of hydrogen-bond acceptors (Lipinski definition) is 8. The zero-order chi connectivity index (χ0) is 21.7. The van der Waals surface area contributed by atoms with E-state index < -0.39 is 22.3 Å². The number of aromatic nitrogens is 4. The number of fused-ring (bicyclic) bond motifs is 3. The first-order valence-corrected chi connectivity index (χ1v) is 11.4. The van der Waals surface area contributed by atoms with Crippen LogP contribution < -0.4 is 17.0 Å². The monoisotopic (exact) mass is 445 g/mol.